The van der Waals surface area contributed by atoms with Gasteiger partial charge in [0, 0.05) is 12.2 Å². The minimum Gasteiger partial charge on any atom is -0.459 e. The Kier molecular flexibility index (Phi) is 34.3. The van der Waals surface area contributed by atoms with E-state index in [0.29, 0.717) is 0 Å². The van der Waals surface area contributed by atoms with Crippen LogP contribution in [0.4, 0.5) is 0 Å². The molecule has 0 aliphatic rings. The van der Waals surface area contributed by atoms with Crippen molar-refractivity contribution in [2.75, 3.05) is 6.61 Å². The van der Waals surface area contributed by atoms with E-state index in [-0.39, 0.29) is 6.61 Å². The minimum absolute atomic E-state index is 0.0183. The van der Waals surface area contributed by atoms with Crippen molar-refractivity contribution >= 4 is 11.9 Å². The van der Waals surface area contributed by atoms with Crippen molar-refractivity contribution in [2.45, 2.75) is 33.8 Å². The van der Waals surface area contributed by atoms with E-state index in [1.165, 1.54) is 0 Å². The number of hydrogen-bond acceptors (Lipinski definition) is 4. The number of esters is 2. The van der Waals surface area contributed by atoms with Crippen molar-refractivity contribution in [2.24, 2.45) is 0 Å². The molecule has 0 N–H and O–H groups in total. The zero-order valence-corrected chi connectivity index (χ0v) is 14.3. The zero-order chi connectivity index (χ0) is 18.4. The van der Waals surface area contributed by atoms with Gasteiger partial charge in [-0.25, -0.2) is 9.59 Å². The number of rotatable bonds is 5. The molecule has 0 bridgehead atoms. The van der Waals surface area contributed by atoms with Gasteiger partial charge in [-0.2, -0.15) is 0 Å². The lowest BCUT2D eigenvalue weighted by atomic mass is 10.4. The maximum atomic E-state index is 10.6. The van der Waals surface area contributed by atoms with Crippen molar-refractivity contribution < 1.29 is 19.1 Å². The van der Waals surface area contributed by atoms with E-state index in [4.69, 9.17) is 4.74 Å². The normalized spacial score (nSPS) is 8.36. The first-order chi connectivity index (χ1) is 10.3. The largest absolute Gasteiger partial charge is 0.459 e. The fourth-order valence-corrected chi connectivity index (χ4v) is 0.539. The summed E-state index contributed by atoms with van der Waals surface area (Å²) in [6, 6.07) is 0. The average molecular weight is 310 g/mol. The molecule has 0 aromatic heterocycles. The molecule has 4 nitrogen and oxygen atoms in total. The molecular weight excluding hydrogens is 280 g/mol. The fraction of sp³-hybridized carbons (Fsp3) is 0.333. The molecule has 4 heteroatoms. The zero-order valence-electron chi connectivity index (χ0n) is 14.3. The SMILES string of the molecule is C=CC.C=CC.C=CC.C=CC(=O)OCC(C)OC(=O)C=C. The maximum absolute atomic E-state index is 10.6. The number of hydrogen-bond donors (Lipinski definition) is 0. The molecule has 0 spiro atoms. The van der Waals surface area contributed by atoms with Gasteiger partial charge in [0.2, 0.25) is 0 Å². The Morgan fingerprint density at radius 1 is 0.864 bits per heavy atom. The van der Waals surface area contributed by atoms with Crippen LogP contribution in [0.3, 0.4) is 0 Å². The summed E-state index contributed by atoms with van der Waals surface area (Å²) in [5, 5.41) is 0. The Bertz CT molecular complexity index is 316. The lowest BCUT2D eigenvalue weighted by Crippen LogP contribution is -2.20. The van der Waals surface area contributed by atoms with Gasteiger partial charge < -0.3 is 9.47 Å². The molecule has 0 heterocycles. The molecule has 1 atom stereocenters. The van der Waals surface area contributed by atoms with Crippen LogP contribution in [0.25, 0.3) is 0 Å². The molecule has 0 radical (unpaired) electrons. The highest BCUT2D eigenvalue weighted by Gasteiger charge is 2.07. The van der Waals surface area contributed by atoms with Crippen molar-refractivity contribution in [3.8, 4) is 0 Å². The second kappa shape index (κ2) is 27.1. The Balaban J connectivity index is -0.000000148. The summed E-state index contributed by atoms with van der Waals surface area (Å²) >= 11 is 0. The highest BCUT2D eigenvalue weighted by atomic mass is 16.6. The standard InChI is InChI=1S/C9H12O4.3C3H6/c1-4-8(10)12-6-7(3)13-9(11)5-2;3*1-3-2/h4-5,7H,1-2,6H2,3H3;3*3H,1H2,2H3. The van der Waals surface area contributed by atoms with Crippen LogP contribution in [-0.4, -0.2) is 24.6 Å². The summed E-state index contributed by atoms with van der Waals surface area (Å²) in [6.07, 6.45) is 6.86. The molecule has 0 aliphatic carbocycles. The van der Waals surface area contributed by atoms with Gasteiger partial charge in [-0.15, -0.1) is 19.7 Å². The van der Waals surface area contributed by atoms with Crippen LogP contribution in [-0.2, 0) is 19.1 Å². The summed E-state index contributed by atoms with van der Waals surface area (Å²) in [4.78, 5) is 21.2. The van der Waals surface area contributed by atoms with E-state index in [2.05, 4.69) is 37.6 Å². The van der Waals surface area contributed by atoms with E-state index in [9.17, 15) is 9.59 Å². The Hall–Kier alpha value is -2.36. The smallest absolute Gasteiger partial charge is 0.330 e. The molecule has 0 amide bonds. The molecule has 126 valence electrons. The molecular formula is C18H30O4. The van der Waals surface area contributed by atoms with Gasteiger partial charge in [0.1, 0.15) is 12.7 Å². The number of carbonyl (C=O) groups excluding carboxylic acids is 2. The van der Waals surface area contributed by atoms with Gasteiger partial charge in [0.25, 0.3) is 0 Å². The predicted molar refractivity (Wildman–Crippen MR) is 94.5 cm³/mol. The topological polar surface area (TPSA) is 52.6 Å². The first-order valence-electron chi connectivity index (χ1n) is 6.68. The van der Waals surface area contributed by atoms with Crippen molar-refractivity contribution in [1.29, 1.82) is 0 Å². The summed E-state index contributed by atoms with van der Waals surface area (Å²) in [5.41, 5.74) is 0. The summed E-state index contributed by atoms with van der Waals surface area (Å²) in [5.74, 6) is -1.08. The quantitative estimate of drug-likeness (QED) is 0.429. The van der Waals surface area contributed by atoms with Crippen LogP contribution in [0, 0.1) is 0 Å². The van der Waals surface area contributed by atoms with Crippen molar-refractivity contribution in [1.82, 2.24) is 0 Å². The van der Waals surface area contributed by atoms with Gasteiger partial charge in [-0.3, -0.25) is 0 Å². The van der Waals surface area contributed by atoms with Crippen LogP contribution < -0.4 is 0 Å². The molecule has 0 aromatic rings. The van der Waals surface area contributed by atoms with Crippen molar-refractivity contribution in [3.05, 3.63) is 63.3 Å². The first kappa shape index (κ1) is 27.9. The van der Waals surface area contributed by atoms with E-state index in [1.807, 2.05) is 20.8 Å². The first-order valence-corrected chi connectivity index (χ1v) is 6.68. The van der Waals surface area contributed by atoms with Gasteiger partial charge >= 0.3 is 11.9 Å². The fourth-order valence-electron chi connectivity index (χ4n) is 0.539. The highest BCUT2D eigenvalue weighted by molar-refractivity contribution is 5.82. The minimum atomic E-state index is -0.540. The second-order valence-electron chi connectivity index (χ2n) is 3.51. The second-order valence-corrected chi connectivity index (χ2v) is 3.51. The monoisotopic (exact) mass is 310 g/mol. The van der Waals surface area contributed by atoms with Gasteiger partial charge in [0.15, 0.2) is 0 Å². The molecule has 1 unspecified atom stereocenters. The van der Waals surface area contributed by atoms with E-state index >= 15 is 0 Å². The van der Waals surface area contributed by atoms with Gasteiger partial charge in [-0.05, 0) is 27.7 Å². The molecule has 0 fully saturated rings. The van der Waals surface area contributed by atoms with E-state index in [0.717, 1.165) is 12.2 Å². The third-order valence-electron chi connectivity index (χ3n) is 1.11. The molecule has 0 saturated carbocycles. The predicted octanol–water partition coefficient (Wildman–Crippen LogP) is 4.41. The molecule has 0 rings (SSSR count). The average Bonchev–Trinajstić information content (AvgIpc) is 2.47. The van der Waals surface area contributed by atoms with Crippen molar-refractivity contribution in [3.63, 3.8) is 0 Å². The number of carbonyl (C=O) groups is 2. The van der Waals surface area contributed by atoms with Crippen LogP contribution in [0.1, 0.15) is 27.7 Å². The Morgan fingerprint density at radius 2 is 1.18 bits per heavy atom. The Morgan fingerprint density at radius 3 is 1.45 bits per heavy atom. The lowest BCUT2D eigenvalue weighted by Gasteiger charge is -2.10. The van der Waals surface area contributed by atoms with Crippen LogP contribution >= 0.6 is 0 Å². The van der Waals surface area contributed by atoms with Crippen LogP contribution in [0.5, 0.6) is 0 Å². The maximum Gasteiger partial charge on any atom is 0.330 e. The summed E-state index contributed by atoms with van der Waals surface area (Å²) in [7, 11) is 0. The highest BCUT2D eigenvalue weighted by Crippen LogP contribution is 1.94. The lowest BCUT2D eigenvalue weighted by molar-refractivity contribution is -0.151. The molecule has 0 aromatic carbocycles. The summed E-state index contributed by atoms with van der Waals surface area (Å²) < 4.78 is 9.36. The molecule has 0 saturated heterocycles. The third kappa shape index (κ3) is 43.1. The number of allylic oxidation sites excluding steroid dienone is 3. The van der Waals surface area contributed by atoms with E-state index in [1.54, 1.807) is 25.2 Å². The third-order valence-corrected chi connectivity index (χ3v) is 1.11. The Labute approximate surface area is 135 Å². The van der Waals surface area contributed by atoms with Crippen LogP contribution in [0.2, 0.25) is 0 Å². The van der Waals surface area contributed by atoms with E-state index < -0.39 is 18.0 Å². The number of ether oxygens (including phenoxy) is 2. The van der Waals surface area contributed by atoms with Gasteiger partial charge in [0.05, 0.1) is 0 Å². The molecule has 0 aliphatic heterocycles. The summed E-state index contributed by atoms with van der Waals surface area (Å²) in [6.45, 7) is 23.8. The van der Waals surface area contributed by atoms with Gasteiger partial charge in [-0.1, -0.05) is 31.4 Å². The molecule has 22 heavy (non-hydrogen) atoms. The van der Waals surface area contributed by atoms with Crippen LogP contribution in [0.15, 0.2) is 63.3 Å².